The molecule has 0 amide bonds. The van der Waals surface area contributed by atoms with Gasteiger partial charge < -0.3 is 20.6 Å². The van der Waals surface area contributed by atoms with Crippen LogP contribution >= 0.6 is 11.6 Å². The second kappa shape index (κ2) is 6.09. The average Bonchev–Trinajstić information content (AvgIpc) is 2.98. The van der Waals surface area contributed by atoms with Crippen LogP contribution in [0.5, 0.6) is 0 Å². The van der Waals surface area contributed by atoms with Gasteiger partial charge in [-0.1, -0.05) is 0 Å². The minimum atomic E-state index is -1.36. The van der Waals surface area contributed by atoms with Gasteiger partial charge in [0, 0.05) is 12.4 Å². The van der Waals surface area contributed by atoms with E-state index in [1.807, 2.05) is 0 Å². The SMILES string of the molecule is OCC(CO)(CO)Nc1nc(Cl)nc(-n2cccn2)n1. The van der Waals surface area contributed by atoms with E-state index in [-0.39, 0.29) is 17.2 Å². The van der Waals surface area contributed by atoms with Crippen molar-refractivity contribution in [1.29, 1.82) is 0 Å². The predicted octanol–water partition coefficient (Wildman–Crippen LogP) is -1.16. The number of aliphatic hydroxyl groups is 3. The Kier molecular flexibility index (Phi) is 4.45. The zero-order valence-electron chi connectivity index (χ0n) is 10.3. The number of nitrogens with one attached hydrogen (secondary N) is 1. The molecule has 9 nitrogen and oxygen atoms in total. The molecule has 2 heterocycles. The van der Waals surface area contributed by atoms with E-state index < -0.39 is 25.4 Å². The Morgan fingerprint density at radius 1 is 1.15 bits per heavy atom. The third kappa shape index (κ3) is 3.02. The van der Waals surface area contributed by atoms with Crippen molar-refractivity contribution in [1.82, 2.24) is 24.7 Å². The van der Waals surface area contributed by atoms with E-state index >= 15 is 0 Å². The summed E-state index contributed by atoms with van der Waals surface area (Å²) in [6.45, 7) is -1.54. The van der Waals surface area contributed by atoms with Crippen molar-refractivity contribution in [3.8, 4) is 5.95 Å². The third-order valence-electron chi connectivity index (χ3n) is 2.59. The molecule has 0 saturated carbocycles. The van der Waals surface area contributed by atoms with E-state index in [0.717, 1.165) is 0 Å². The second-order valence-electron chi connectivity index (χ2n) is 4.06. The zero-order chi connectivity index (χ0) is 14.6. The Morgan fingerprint density at radius 3 is 2.40 bits per heavy atom. The number of hydrogen-bond donors (Lipinski definition) is 4. The molecule has 0 aliphatic rings. The molecule has 0 spiro atoms. The van der Waals surface area contributed by atoms with Crippen LogP contribution in [0.25, 0.3) is 5.95 Å². The van der Waals surface area contributed by atoms with E-state index in [4.69, 9.17) is 11.6 Å². The Balaban J connectivity index is 2.33. The van der Waals surface area contributed by atoms with Gasteiger partial charge in [0.1, 0.15) is 5.54 Å². The lowest BCUT2D eigenvalue weighted by Gasteiger charge is -2.28. The van der Waals surface area contributed by atoms with Crippen LogP contribution in [0.2, 0.25) is 5.28 Å². The monoisotopic (exact) mass is 300 g/mol. The summed E-state index contributed by atoms with van der Waals surface area (Å²) < 4.78 is 1.37. The fraction of sp³-hybridized carbons (Fsp3) is 0.400. The molecule has 2 rings (SSSR count). The molecule has 0 fully saturated rings. The van der Waals surface area contributed by atoms with Crippen LogP contribution in [0, 0.1) is 0 Å². The molecular formula is C10H13ClN6O3. The number of anilines is 1. The van der Waals surface area contributed by atoms with Crippen LogP contribution in [0.4, 0.5) is 5.95 Å². The average molecular weight is 301 g/mol. The first kappa shape index (κ1) is 14.6. The highest BCUT2D eigenvalue weighted by molar-refractivity contribution is 6.28. The summed E-state index contributed by atoms with van der Waals surface area (Å²) in [6.07, 6.45) is 3.16. The number of rotatable bonds is 6. The highest BCUT2D eigenvalue weighted by Gasteiger charge is 2.29. The Hall–Kier alpha value is -1.81. The number of hydrogen-bond acceptors (Lipinski definition) is 8. The van der Waals surface area contributed by atoms with Crippen LogP contribution in [0.1, 0.15) is 0 Å². The van der Waals surface area contributed by atoms with Crippen LogP contribution in [-0.4, -0.2) is 65.4 Å². The van der Waals surface area contributed by atoms with Crippen LogP contribution in [0.3, 0.4) is 0 Å². The van der Waals surface area contributed by atoms with Gasteiger partial charge in [-0.25, -0.2) is 4.68 Å². The van der Waals surface area contributed by atoms with Gasteiger partial charge in [0.05, 0.1) is 19.8 Å². The summed E-state index contributed by atoms with van der Waals surface area (Å²) in [6, 6.07) is 1.68. The molecule has 2 aromatic rings. The Bertz CT molecular complexity index is 552. The van der Waals surface area contributed by atoms with Crippen LogP contribution in [-0.2, 0) is 0 Å². The number of nitrogens with zero attached hydrogens (tertiary/aromatic N) is 5. The molecule has 108 valence electrons. The Labute approximate surface area is 118 Å². The highest BCUT2D eigenvalue weighted by atomic mass is 35.5. The van der Waals surface area contributed by atoms with E-state index in [1.54, 1.807) is 18.5 Å². The van der Waals surface area contributed by atoms with E-state index in [1.165, 1.54) is 4.68 Å². The molecule has 0 aliphatic heterocycles. The quantitative estimate of drug-likeness (QED) is 0.525. The topological polar surface area (TPSA) is 129 Å². The molecule has 0 aliphatic carbocycles. The van der Waals surface area contributed by atoms with E-state index in [2.05, 4.69) is 25.4 Å². The van der Waals surface area contributed by atoms with Gasteiger partial charge in [-0.15, -0.1) is 0 Å². The summed E-state index contributed by atoms with van der Waals surface area (Å²) in [5.74, 6) is 0.174. The minimum absolute atomic E-state index is 0.00708. The lowest BCUT2D eigenvalue weighted by molar-refractivity contribution is 0.0828. The van der Waals surface area contributed by atoms with E-state index in [0.29, 0.717) is 0 Å². The molecule has 20 heavy (non-hydrogen) atoms. The van der Waals surface area contributed by atoms with Crippen molar-refractivity contribution in [2.75, 3.05) is 25.1 Å². The predicted molar refractivity (Wildman–Crippen MR) is 69.6 cm³/mol. The smallest absolute Gasteiger partial charge is 0.256 e. The van der Waals surface area contributed by atoms with E-state index in [9.17, 15) is 15.3 Å². The van der Waals surface area contributed by atoms with Crippen molar-refractivity contribution < 1.29 is 15.3 Å². The van der Waals surface area contributed by atoms with Crippen molar-refractivity contribution in [2.24, 2.45) is 0 Å². The lowest BCUT2D eigenvalue weighted by atomic mass is 10.0. The minimum Gasteiger partial charge on any atom is -0.394 e. The summed E-state index contributed by atoms with van der Waals surface area (Å²) in [4.78, 5) is 11.8. The Morgan fingerprint density at radius 2 is 1.85 bits per heavy atom. The molecule has 0 atom stereocenters. The summed E-state index contributed by atoms with van der Waals surface area (Å²) in [5, 5.41) is 34.3. The third-order valence-corrected chi connectivity index (χ3v) is 2.76. The maximum absolute atomic E-state index is 9.26. The zero-order valence-corrected chi connectivity index (χ0v) is 11.1. The summed E-state index contributed by atoms with van der Waals surface area (Å²) >= 11 is 5.79. The number of aliphatic hydroxyl groups excluding tert-OH is 3. The highest BCUT2D eigenvalue weighted by Crippen LogP contribution is 2.14. The molecular weight excluding hydrogens is 288 g/mol. The maximum Gasteiger partial charge on any atom is 0.256 e. The number of halogens is 1. The largest absolute Gasteiger partial charge is 0.394 e. The molecule has 0 unspecified atom stereocenters. The van der Waals surface area contributed by atoms with Crippen molar-refractivity contribution in [2.45, 2.75) is 5.54 Å². The fourth-order valence-electron chi connectivity index (χ4n) is 1.39. The molecule has 4 N–H and O–H groups in total. The number of aromatic nitrogens is 5. The molecule has 0 bridgehead atoms. The first-order valence-electron chi connectivity index (χ1n) is 5.65. The van der Waals surface area contributed by atoms with Crippen LogP contribution in [0.15, 0.2) is 18.5 Å². The molecule has 0 saturated heterocycles. The van der Waals surface area contributed by atoms with Gasteiger partial charge in [-0.3, -0.25) is 0 Å². The fourth-order valence-corrected chi connectivity index (χ4v) is 1.55. The van der Waals surface area contributed by atoms with Gasteiger partial charge in [0.15, 0.2) is 0 Å². The summed E-state index contributed by atoms with van der Waals surface area (Å²) in [7, 11) is 0. The lowest BCUT2D eigenvalue weighted by Crippen LogP contribution is -2.49. The first-order chi connectivity index (χ1) is 9.62. The van der Waals surface area contributed by atoms with Gasteiger partial charge in [0.25, 0.3) is 5.95 Å². The molecule has 10 heteroatoms. The first-order valence-corrected chi connectivity index (χ1v) is 6.02. The van der Waals surface area contributed by atoms with Crippen molar-refractivity contribution in [3.05, 3.63) is 23.7 Å². The van der Waals surface area contributed by atoms with Crippen LogP contribution < -0.4 is 5.32 Å². The molecule has 2 aromatic heterocycles. The molecule has 0 radical (unpaired) electrons. The second-order valence-corrected chi connectivity index (χ2v) is 4.40. The molecule has 0 aromatic carbocycles. The van der Waals surface area contributed by atoms with Gasteiger partial charge in [-0.05, 0) is 17.7 Å². The normalized spacial score (nSPS) is 11.6. The van der Waals surface area contributed by atoms with Crippen molar-refractivity contribution >= 4 is 17.5 Å². The summed E-state index contributed by atoms with van der Waals surface area (Å²) in [5.41, 5.74) is -1.36. The van der Waals surface area contributed by atoms with Gasteiger partial charge >= 0.3 is 0 Å². The van der Waals surface area contributed by atoms with Gasteiger partial charge in [-0.2, -0.15) is 20.1 Å². The van der Waals surface area contributed by atoms with Gasteiger partial charge in [0.2, 0.25) is 11.2 Å². The standard InChI is InChI=1S/C10H13ClN6O3/c11-7-13-8(16-10(4-18,5-19)6-20)15-9(14-7)17-3-1-2-12-17/h1-3,18-20H,4-6H2,(H,13,14,15,16). The van der Waals surface area contributed by atoms with Crippen molar-refractivity contribution in [3.63, 3.8) is 0 Å². The maximum atomic E-state index is 9.26.